The zero-order chi connectivity index (χ0) is 21.8. The van der Waals surface area contributed by atoms with Crippen LogP contribution in [-0.4, -0.2) is 12.1 Å². The molecule has 3 aromatic carbocycles. The lowest BCUT2D eigenvalue weighted by molar-refractivity contribution is 0.0929. The highest BCUT2D eigenvalue weighted by atomic mass is 79.9. The summed E-state index contributed by atoms with van der Waals surface area (Å²) in [7, 11) is 0. The molecule has 8 heteroatoms. The molecule has 0 radical (unpaired) electrons. The van der Waals surface area contributed by atoms with E-state index < -0.39 is 5.91 Å². The highest BCUT2D eigenvalue weighted by Crippen LogP contribution is 2.26. The molecule has 1 heterocycles. The van der Waals surface area contributed by atoms with Crippen LogP contribution in [0.25, 0.3) is 11.0 Å². The number of hydrogen-bond donors (Lipinski definition) is 1. The summed E-state index contributed by atoms with van der Waals surface area (Å²) >= 11 is 9.39. The molecular weight excluding hydrogens is 487 g/mol. The SMILES string of the molecule is O=C(N/N=C/c1ccc(OCc2cccc(F)c2)c(Br)c1)c1cc2cc(Cl)ccc2o1. The lowest BCUT2D eigenvalue weighted by atomic mass is 10.2. The third-order valence-corrected chi connectivity index (χ3v) is 5.18. The molecule has 4 aromatic rings. The molecule has 0 atom stereocenters. The molecule has 156 valence electrons. The molecule has 0 unspecified atom stereocenters. The average Bonchev–Trinajstić information content (AvgIpc) is 3.16. The second-order valence-electron chi connectivity index (χ2n) is 6.60. The summed E-state index contributed by atoms with van der Waals surface area (Å²) in [6, 6.07) is 18.3. The molecule has 0 bridgehead atoms. The van der Waals surface area contributed by atoms with Crippen molar-refractivity contribution in [3.05, 3.63) is 98.9 Å². The Morgan fingerprint density at radius 3 is 2.84 bits per heavy atom. The molecule has 0 saturated carbocycles. The van der Waals surface area contributed by atoms with Crippen molar-refractivity contribution in [3.63, 3.8) is 0 Å². The van der Waals surface area contributed by atoms with Crippen molar-refractivity contribution < 1.29 is 18.3 Å². The van der Waals surface area contributed by atoms with E-state index in [4.69, 9.17) is 20.8 Å². The lowest BCUT2D eigenvalue weighted by Gasteiger charge is -2.09. The molecule has 0 aliphatic rings. The van der Waals surface area contributed by atoms with E-state index in [1.807, 2.05) is 0 Å². The van der Waals surface area contributed by atoms with E-state index in [1.54, 1.807) is 54.6 Å². The number of rotatable bonds is 6. The quantitative estimate of drug-likeness (QED) is 0.248. The van der Waals surface area contributed by atoms with Gasteiger partial charge in [-0.2, -0.15) is 5.10 Å². The normalized spacial score (nSPS) is 11.2. The number of hydrogen-bond acceptors (Lipinski definition) is 4. The molecule has 0 aliphatic heterocycles. The third-order valence-electron chi connectivity index (χ3n) is 4.32. The number of benzene rings is 3. The van der Waals surface area contributed by atoms with Crippen molar-refractivity contribution in [2.45, 2.75) is 6.61 Å². The Morgan fingerprint density at radius 1 is 1.16 bits per heavy atom. The van der Waals surface area contributed by atoms with Gasteiger partial charge in [0.25, 0.3) is 0 Å². The van der Waals surface area contributed by atoms with E-state index in [2.05, 4.69) is 26.5 Å². The molecule has 0 fully saturated rings. The van der Waals surface area contributed by atoms with Crippen LogP contribution < -0.4 is 10.2 Å². The topological polar surface area (TPSA) is 63.8 Å². The van der Waals surface area contributed by atoms with Gasteiger partial charge < -0.3 is 9.15 Å². The van der Waals surface area contributed by atoms with Crippen LogP contribution in [0.1, 0.15) is 21.7 Å². The first-order chi connectivity index (χ1) is 15.0. The van der Waals surface area contributed by atoms with Crippen molar-refractivity contribution in [2.24, 2.45) is 5.10 Å². The van der Waals surface area contributed by atoms with Crippen LogP contribution in [0.15, 0.2) is 80.7 Å². The first-order valence-electron chi connectivity index (χ1n) is 9.17. The summed E-state index contributed by atoms with van der Waals surface area (Å²) in [6.07, 6.45) is 1.50. The summed E-state index contributed by atoms with van der Waals surface area (Å²) in [5.74, 6) is -0.0408. The van der Waals surface area contributed by atoms with E-state index in [0.29, 0.717) is 20.8 Å². The van der Waals surface area contributed by atoms with E-state index in [0.717, 1.165) is 16.5 Å². The first-order valence-corrected chi connectivity index (χ1v) is 10.3. The predicted molar refractivity (Wildman–Crippen MR) is 121 cm³/mol. The van der Waals surface area contributed by atoms with Gasteiger partial charge in [-0.25, -0.2) is 9.82 Å². The Morgan fingerprint density at radius 2 is 2.03 bits per heavy atom. The Bertz CT molecular complexity index is 1290. The fourth-order valence-corrected chi connectivity index (χ4v) is 3.54. The van der Waals surface area contributed by atoms with Gasteiger partial charge in [-0.05, 0) is 81.7 Å². The van der Waals surface area contributed by atoms with Crippen LogP contribution in [-0.2, 0) is 6.61 Å². The van der Waals surface area contributed by atoms with Gasteiger partial charge in [-0.1, -0.05) is 23.7 Å². The van der Waals surface area contributed by atoms with Crippen molar-refractivity contribution in [2.75, 3.05) is 0 Å². The largest absolute Gasteiger partial charge is 0.488 e. The monoisotopic (exact) mass is 500 g/mol. The van der Waals surface area contributed by atoms with Crippen LogP contribution in [0, 0.1) is 5.82 Å². The summed E-state index contributed by atoms with van der Waals surface area (Å²) in [5.41, 5.74) is 4.46. The molecule has 1 aromatic heterocycles. The van der Waals surface area contributed by atoms with Crippen molar-refractivity contribution in [1.29, 1.82) is 0 Å². The van der Waals surface area contributed by atoms with Crippen LogP contribution in [0.5, 0.6) is 5.75 Å². The fourth-order valence-electron chi connectivity index (χ4n) is 2.85. The van der Waals surface area contributed by atoms with Gasteiger partial charge in [0.15, 0.2) is 5.76 Å². The Balaban J connectivity index is 1.37. The minimum Gasteiger partial charge on any atom is -0.488 e. The molecule has 1 amide bonds. The van der Waals surface area contributed by atoms with Gasteiger partial charge in [-0.3, -0.25) is 4.79 Å². The molecule has 5 nitrogen and oxygen atoms in total. The van der Waals surface area contributed by atoms with E-state index in [9.17, 15) is 9.18 Å². The van der Waals surface area contributed by atoms with Gasteiger partial charge in [0, 0.05) is 10.4 Å². The Labute approximate surface area is 190 Å². The lowest BCUT2D eigenvalue weighted by Crippen LogP contribution is -2.16. The molecule has 1 N–H and O–H groups in total. The number of halogens is 3. The number of hydrazone groups is 1. The zero-order valence-corrected chi connectivity index (χ0v) is 18.3. The Hall–Kier alpha value is -3.16. The number of carbonyl (C=O) groups is 1. The molecule has 4 rings (SSSR count). The maximum absolute atomic E-state index is 13.3. The summed E-state index contributed by atoms with van der Waals surface area (Å²) < 4.78 is 25.2. The van der Waals surface area contributed by atoms with Crippen LogP contribution in [0.4, 0.5) is 4.39 Å². The summed E-state index contributed by atoms with van der Waals surface area (Å²) in [6.45, 7) is 0.239. The second-order valence-corrected chi connectivity index (χ2v) is 7.89. The minimum absolute atomic E-state index is 0.136. The number of nitrogens with zero attached hydrogens (tertiary/aromatic N) is 1. The predicted octanol–water partition coefficient (Wildman–Crippen LogP) is 6.33. The highest BCUT2D eigenvalue weighted by Gasteiger charge is 2.12. The molecule has 31 heavy (non-hydrogen) atoms. The van der Waals surface area contributed by atoms with Crippen LogP contribution in [0.2, 0.25) is 5.02 Å². The average molecular weight is 502 g/mol. The summed E-state index contributed by atoms with van der Waals surface area (Å²) in [5, 5.41) is 5.26. The zero-order valence-electron chi connectivity index (χ0n) is 15.9. The summed E-state index contributed by atoms with van der Waals surface area (Å²) in [4.78, 5) is 12.2. The number of furan rings is 1. The van der Waals surface area contributed by atoms with Gasteiger partial charge in [-0.15, -0.1) is 0 Å². The standard InChI is InChI=1S/C23H15BrClFN2O3/c24-19-9-14(4-6-21(19)30-13-15-2-1-3-18(26)8-15)12-27-28-23(29)22-11-16-10-17(25)5-7-20(16)31-22/h1-12H,13H2,(H,28,29)/b27-12+. The van der Waals surface area contributed by atoms with Crippen molar-refractivity contribution >= 4 is 50.6 Å². The van der Waals surface area contributed by atoms with Crippen molar-refractivity contribution in [3.8, 4) is 5.75 Å². The van der Waals surface area contributed by atoms with Crippen LogP contribution >= 0.6 is 27.5 Å². The highest BCUT2D eigenvalue weighted by molar-refractivity contribution is 9.10. The molecule has 0 saturated heterocycles. The minimum atomic E-state index is -0.474. The maximum atomic E-state index is 13.3. The smallest absolute Gasteiger partial charge is 0.307 e. The van der Waals surface area contributed by atoms with Gasteiger partial charge in [0.05, 0.1) is 10.7 Å². The number of carbonyl (C=O) groups excluding carboxylic acids is 1. The fraction of sp³-hybridized carbons (Fsp3) is 0.0435. The van der Waals surface area contributed by atoms with E-state index >= 15 is 0 Å². The maximum Gasteiger partial charge on any atom is 0.307 e. The van der Waals surface area contributed by atoms with Gasteiger partial charge in [0.2, 0.25) is 0 Å². The number of nitrogens with one attached hydrogen (secondary N) is 1. The molecule has 0 spiro atoms. The molecule has 0 aliphatic carbocycles. The Kier molecular flexibility index (Phi) is 6.34. The van der Waals surface area contributed by atoms with Gasteiger partial charge >= 0.3 is 5.91 Å². The van der Waals surface area contributed by atoms with E-state index in [1.165, 1.54) is 18.3 Å². The van der Waals surface area contributed by atoms with Crippen LogP contribution in [0.3, 0.4) is 0 Å². The molecular formula is C23H15BrClFN2O3. The van der Waals surface area contributed by atoms with E-state index in [-0.39, 0.29) is 18.2 Å². The van der Waals surface area contributed by atoms with Gasteiger partial charge in [0.1, 0.15) is 23.8 Å². The second kappa shape index (κ2) is 9.32. The number of fused-ring (bicyclic) bond motifs is 1. The third kappa shape index (κ3) is 5.31. The number of ether oxygens (including phenoxy) is 1. The number of amides is 1. The first kappa shape index (κ1) is 21.1. The van der Waals surface area contributed by atoms with Crippen molar-refractivity contribution in [1.82, 2.24) is 5.43 Å².